The monoisotopic (exact) mass is 301 g/mol. The number of halogens is 1. The Morgan fingerprint density at radius 1 is 1.47 bits per heavy atom. The maximum absolute atomic E-state index is 12.5. The summed E-state index contributed by atoms with van der Waals surface area (Å²) in [6.45, 7) is 0. The van der Waals surface area contributed by atoms with Crippen LogP contribution >= 0.6 is 23.4 Å². The topological polar surface area (TPSA) is 70.8 Å². The summed E-state index contributed by atoms with van der Waals surface area (Å²) in [5, 5.41) is 9.21. The zero-order chi connectivity index (χ0) is 13.6. The largest absolute Gasteiger partial charge is 0.480 e. The highest BCUT2D eigenvalue weighted by Gasteiger charge is 2.48. The number of carbonyl (C=O) groups is 2. The minimum absolute atomic E-state index is 0.0144. The Balaban J connectivity index is 1.91. The van der Waals surface area contributed by atoms with Crippen LogP contribution in [0.25, 0.3) is 0 Å². The maximum Gasteiger partial charge on any atom is 0.327 e. The maximum atomic E-state index is 12.5. The van der Waals surface area contributed by atoms with Crippen LogP contribution < -0.4 is 0 Å². The van der Waals surface area contributed by atoms with Crippen molar-refractivity contribution in [3.05, 3.63) is 23.1 Å². The molecule has 5 nitrogen and oxygen atoms in total. The van der Waals surface area contributed by atoms with Crippen molar-refractivity contribution in [2.75, 3.05) is 5.75 Å². The first-order chi connectivity index (χ1) is 9.09. The standard InChI is InChI=1S/C12H12ClNO4S/c13-9-7(3-4-18-9)10(15)14-8(12(16)17)5-19-11(14)6-1-2-6/h3-4,6,8,11H,1-2,5H2,(H,16,17). The van der Waals surface area contributed by atoms with Gasteiger partial charge in [-0.05, 0) is 36.4 Å². The number of hydrogen-bond acceptors (Lipinski definition) is 4. The fourth-order valence-electron chi connectivity index (χ4n) is 2.30. The van der Waals surface area contributed by atoms with Crippen molar-refractivity contribution < 1.29 is 19.1 Å². The Hall–Kier alpha value is -1.14. The number of nitrogens with zero attached hydrogens (tertiary/aromatic N) is 1. The molecule has 2 atom stereocenters. The van der Waals surface area contributed by atoms with Gasteiger partial charge in [-0.1, -0.05) is 0 Å². The first kappa shape index (κ1) is 12.9. The summed E-state index contributed by atoms with van der Waals surface area (Å²) in [5.74, 6) is -0.488. The van der Waals surface area contributed by atoms with E-state index in [0.717, 1.165) is 12.8 Å². The van der Waals surface area contributed by atoms with Crippen molar-refractivity contribution in [2.24, 2.45) is 5.92 Å². The zero-order valence-electron chi connectivity index (χ0n) is 9.91. The molecule has 1 N–H and O–H groups in total. The minimum atomic E-state index is -0.969. The van der Waals surface area contributed by atoms with E-state index in [1.807, 2.05) is 0 Å². The molecular weight excluding hydrogens is 290 g/mol. The summed E-state index contributed by atoms with van der Waals surface area (Å²) in [7, 11) is 0. The Bertz CT molecular complexity index is 528. The molecule has 7 heteroatoms. The second-order valence-corrected chi connectivity index (χ2v) is 6.23. The molecule has 0 bridgehead atoms. The highest BCUT2D eigenvalue weighted by molar-refractivity contribution is 8.00. The zero-order valence-corrected chi connectivity index (χ0v) is 11.5. The third-order valence-electron chi connectivity index (χ3n) is 3.43. The van der Waals surface area contributed by atoms with E-state index in [4.69, 9.17) is 16.0 Å². The summed E-state index contributed by atoms with van der Waals surface area (Å²) in [4.78, 5) is 25.2. The molecule has 2 heterocycles. The van der Waals surface area contributed by atoms with Crippen LogP contribution in [0.15, 0.2) is 16.7 Å². The molecule has 3 rings (SSSR count). The molecule has 1 saturated heterocycles. The highest BCUT2D eigenvalue weighted by atomic mass is 35.5. The summed E-state index contributed by atoms with van der Waals surface area (Å²) in [5.41, 5.74) is 0.237. The number of aliphatic carboxylic acids is 1. The van der Waals surface area contributed by atoms with E-state index >= 15 is 0 Å². The molecule has 19 heavy (non-hydrogen) atoms. The molecule has 2 fully saturated rings. The lowest BCUT2D eigenvalue weighted by Gasteiger charge is -2.27. The lowest BCUT2D eigenvalue weighted by atomic mass is 10.2. The van der Waals surface area contributed by atoms with Crippen LogP contribution in [0.5, 0.6) is 0 Å². The van der Waals surface area contributed by atoms with Crippen LogP contribution in [0.2, 0.25) is 5.22 Å². The van der Waals surface area contributed by atoms with Crippen molar-refractivity contribution in [2.45, 2.75) is 24.3 Å². The van der Waals surface area contributed by atoms with Gasteiger partial charge in [0.1, 0.15) is 6.04 Å². The predicted molar refractivity (Wildman–Crippen MR) is 70.3 cm³/mol. The van der Waals surface area contributed by atoms with Gasteiger partial charge in [-0.3, -0.25) is 4.79 Å². The number of carboxylic acids is 1. The number of rotatable bonds is 3. The van der Waals surface area contributed by atoms with Crippen LogP contribution in [0, 0.1) is 5.92 Å². The van der Waals surface area contributed by atoms with Crippen molar-refractivity contribution in [3.63, 3.8) is 0 Å². The van der Waals surface area contributed by atoms with Gasteiger partial charge in [0.2, 0.25) is 5.22 Å². The van der Waals surface area contributed by atoms with E-state index in [9.17, 15) is 14.7 Å². The number of furan rings is 1. The molecule has 1 aliphatic carbocycles. The molecule has 1 aromatic rings. The van der Waals surface area contributed by atoms with Crippen LogP contribution in [0.4, 0.5) is 0 Å². The van der Waals surface area contributed by atoms with Crippen LogP contribution in [0.1, 0.15) is 23.2 Å². The van der Waals surface area contributed by atoms with Gasteiger partial charge >= 0.3 is 5.97 Å². The molecule has 0 aromatic carbocycles. The van der Waals surface area contributed by atoms with E-state index in [0.29, 0.717) is 11.7 Å². The summed E-state index contributed by atoms with van der Waals surface area (Å²) >= 11 is 7.35. The highest BCUT2D eigenvalue weighted by Crippen LogP contribution is 2.46. The molecule has 1 amide bonds. The second kappa shape index (κ2) is 4.76. The number of carboxylic acid groups (broad SMARTS) is 1. The summed E-state index contributed by atoms with van der Waals surface area (Å²) < 4.78 is 4.92. The average Bonchev–Trinajstić information content (AvgIpc) is 2.97. The molecule has 0 radical (unpaired) electrons. The first-order valence-electron chi connectivity index (χ1n) is 5.99. The summed E-state index contributed by atoms with van der Waals surface area (Å²) in [6.07, 6.45) is 3.43. The van der Waals surface area contributed by atoms with E-state index in [2.05, 4.69) is 0 Å². The molecule has 1 aliphatic heterocycles. The molecular formula is C12H12ClNO4S. The SMILES string of the molecule is O=C(O)C1CSC(C2CC2)N1C(=O)c1ccoc1Cl. The van der Waals surface area contributed by atoms with Gasteiger partial charge in [0.25, 0.3) is 5.91 Å². The van der Waals surface area contributed by atoms with Gasteiger partial charge in [0, 0.05) is 5.75 Å². The third-order valence-corrected chi connectivity index (χ3v) is 5.18. The number of hydrogen-bond donors (Lipinski definition) is 1. The van der Waals surface area contributed by atoms with Crippen molar-refractivity contribution in [1.29, 1.82) is 0 Å². The number of carbonyl (C=O) groups excluding carboxylic acids is 1. The molecule has 2 unspecified atom stereocenters. The van der Waals surface area contributed by atoms with Gasteiger partial charge in [-0.2, -0.15) is 0 Å². The normalized spacial score (nSPS) is 26.7. The van der Waals surface area contributed by atoms with Gasteiger partial charge in [-0.15, -0.1) is 11.8 Å². The van der Waals surface area contributed by atoms with Gasteiger partial charge in [-0.25, -0.2) is 4.79 Å². The molecule has 2 aliphatic rings. The number of amides is 1. The fraction of sp³-hybridized carbons (Fsp3) is 0.500. The Morgan fingerprint density at radius 2 is 2.21 bits per heavy atom. The van der Waals surface area contributed by atoms with Crippen LogP contribution in [0.3, 0.4) is 0 Å². The van der Waals surface area contributed by atoms with Crippen molar-refractivity contribution in [3.8, 4) is 0 Å². The minimum Gasteiger partial charge on any atom is -0.480 e. The molecule has 102 valence electrons. The van der Waals surface area contributed by atoms with E-state index in [-0.39, 0.29) is 22.1 Å². The first-order valence-corrected chi connectivity index (χ1v) is 7.42. The predicted octanol–water partition coefficient (Wildman–Crippen LogP) is 2.31. The van der Waals surface area contributed by atoms with E-state index < -0.39 is 12.0 Å². The Kier molecular flexibility index (Phi) is 3.22. The Morgan fingerprint density at radius 3 is 2.74 bits per heavy atom. The molecule has 0 spiro atoms. The van der Waals surface area contributed by atoms with Crippen LogP contribution in [-0.2, 0) is 4.79 Å². The third kappa shape index (κ3) is 2.23. The summed E-state index contributed by atoms with van der Waals surface area (Å²) in [6, 6.07) is 0.699. The average molecular weight is 302 g/mol. The van der Waals surface area contributed by atoms with Gasteiger partial charge < -0.3 is 14.4 Å². The molecule has 1 aromatic heterocycles. The van der Waals surface area contributed by atoms with Gasteiger partial charge in [0.15, 0.2) is 0 Å². The van der Waals surface area contributed by atoms with Crippen molar-refractivity contribution in [1.82, 2.24) is 4.90 Å². The van der Waals surface area contributed by atoms with E-state index in [1.165, 1.54) is 29.0 Å². The lowest BCUT2D eigenvalue weighted by molar-refractivity contribution is -0.141. The quantitative estimate of drug-likeness (QED) is 0.927. The van der Waals surface area contributed by atoms with Gasteiger partial charge in [0.05, 0.1) is 17.2 Å². The molecule has 1 saturated carbocycles. The smallest absolute Gasteiger partial charge is 0.327 e. The van der Waals surface area contributed by atoms with E-state index in [1.54, 1.807) is 0 Å². The Labute approximate surface area is 118 Å². The number of thioether (sulfide) groups is 1. The second-order valence-electron chi connectivity index (χ2n) is 4.74. The lowest BCUT2D eigenvalue weighted by Crippen LogP contribution is -2.46. The van der Waals surface area contributed by atoms with Crippen molar-refractivity contribution >= 4 is 35.2 Å². The fourth-order valence-corrected chi connectivity index (χ4v) is 4.13. The van der Waals surface area contributed by atoms with Crippen LogP contribution in [-0.4, -0.2) is 39.1 Å².